The van der Waals surface area contributed by atoms with Crippen molar-refractivity contribution in [1.29, 1.82) is 0 Å². The Balaban J connectivity index is 2.27. The zero-order valence-electron chi connectivity index (χ0n) is 15.3. The molecule has 2 N–H and O–H groups in total. The minimum absolute atomic E-state index is 0.0185. The third-order valence-corrected chi connectivity index (χ3v) is 4.83. The highest BCUT2D eigenvalue weighted by molar-refractivity contribution is 9.10. The van der Waals surface area contributed by atoms with Crippen LogP contribution in [0.1, 0.15) is 54.5 Å². The first-order chi connectivity index (χ1) is 12.8. The minimum Gasteiger partial charge on any atom is -0.492 e. The van der Waals surface area contributed by atoms with E-state index in [0.29, 0.717) is 0 Å². The second-order valence-electron chi connectivity index (χ2n) is 6.87. The van der Waals surface area contributed by atoms with Crippen LogP contribution in [0.3, 0.4) is 0 Å². The number of amides is 1. The molecular weight excluding hydrogens is 420 g/mol. The predicted molar refractivity (Wildman–Crippen MR) is 100 cm³/mol. The van der Waals surface area contributed by atoms with E-state index in [0.717, 1.165) is 17.4 Å². The number of hydrogen-bond donors (Lipinski definition) is 2. The zero-order chi connectivity index (χ0) is 19.9. The number of hydrogen-bond acceptors (Lipinski definition) is 6. The van der Waals surface area contributed by atoms with Crippen LogP contribution in [0.4, 0.5) is 0 Å². The second kappa shape index (κ2) is 7.34. The molecule has 0 saturated heterocycles. The summed E-state index contributed by atoms with van der Waals surface area (Å²) in [7, 11) is 0. The van der Waals surface area contributed by atoms with Gasteiger partial charge in [0.25, 0.3) is 11.5 Å². The summed E-state index contributed by atoms with van der Waals surface area (Å²) in [6.45, 7) is 5.92. The van der Waals surface area contributed by atoms with Gasteiger partial charge in [0, 0.05) is 12.6 Å². The number of aromatic hydroxyl groups is 1. The Bertz CT molecular complexity index is 974. The number of nitrogens with zero attached hydrogens (tertiary/aromatic N) is 3. The summed E-state index contributed by atoms with van der Waals surface area (Å²) in [6, 6.07) is 0.0185. The third-order valence-electron chi connectivity index (χ3n) is 4.10. The van der Waals surface area contributed by atoms with Crippen molar-refractivity contribution in [1.82, 2.24) is 19.5 Å². The molecule has 0 radical (unpaired) electrons. The van der Waals surface area contributed by atoms with Crippen LogP contribution in [0.15, 0.2) is 9.27 Å². The molecule has 1 amide bonds. The van der Waals surface area contributed by atoms with E-state index in [4.69, 9.17) is 4.74 Å². The van der Waals surface area contributed by atoms with Gasteiger partial charge in [0.1, 0.15) is 0 Å². The van der Waals surface area contributed by atoms with Crippen LogP contribution in [0.5, 0.6) is 5.88 Å². The molecule has 1 aliphatic rings. The van der Waals surface area contributed by atoms with Gasteiger partial charge in [-0.25, -0.2) is 4.79 Å². The van der Waals surface area contributed by atoms with Gasteiger partial charge in [-0.05, 0) is 41.6 Å². The SMILES string of the molecule is CCOC(=O)c1nn2c(O)c(C(=O)NC3CC3)c(=O)n(CC(C)C)c2c1Br. The van der Waals surface area contributed by atoms with E-state index in [-0.39, 0.29) is 46.5 Å². The molecule has 1 fully saturated rings. The van der Waals surface area contributed by atoms with E-state index >= 15 is 0 Å². The molecule has 2 aromatic rings. The van der Waals surface area contributed by atoms with Gasteiger partial charge in [-0.15, -0.1) is 0 Å². The lowest BCUT2D eigenvalue weighted by molar-refractivity contribution is 0.0518. The van der Waals surface area contributed by atoms with Gasteiger partial charge in [0.15, 0.2) is 16.9 Å². The quantitative estimate of drug-likeness (QED) is 0.660. The van der Waals surface area contributed by atoms with Crippen molar-refractivity contribution in [3.63, 3.8) is 0 Å². The Labute approximate surface area is 163 Å². The highest BCUT2D eigenvalue weighted by Gasteiger charge is 2.31. The van der Waals surface area contributed by atoms with Gasteiger partial charge in [-0.1, -0.05) is 13.8 Å². The van der Waals surface area contributed by atoms with Gasteiger partial charge >= 0.3 is 5.97 Å². The Morgan fingerprint density at radius 3 is 2.63 bits per heavy atom. The van der Waals surface area contributed by atoms with Crippen molar-refractivity contribution in [3.05, 3.63) is 26.1 Å². The van der Waals surface area contributed by atoms with Crippen molar-refractivity contribution in [2.75, 3.05) is 6.61 Å². The average molecular weight is 441 g/mol. The standard InChI is InChI=1S/C17H21BrN4O5/c1-4-27-17(26)12-11(18)14-21(7-8(2)3)15(24)10(16(25)22(14)20-12)13(23)19-9-5-6-9/h8-9,25H,4-7H2,1-3H3,(H,19,23). The molecule has 1 saturated carbocycles. The maximum absolute atomic E-state index is 13.0. The van der Waals surface area contributed by atoms with E-state index in [1.54, 1.807) is 6.92 Å². The number of carbonyl (C=O) groups excluding carboxylic acids is 2. The number of nitrogens with one attached hydrogen (secondary N) is 1. The van der Waals surface area contributed by atoms with Gasteiger partial charge in [0.05, 0.1) is 11.1 Å². The molecule has 0 aromatic carbocycles. The van der Waals surface area contributed by atoms with E-state index in [1.165, 1.54) is 4.57 Å². The molecular formula is C17H21BrN4O5. The zero-order valence-corrected chi connectivity index (χ0v) is 16.9. The first-order valence-electron chi connectivity index (χ1n) is 8.78. The number of rotatable bonds is 6. The molecule has 146 valence electrons. The number of halogens is 1. The fourth-order valence-electron chi connectivity index (χ4n) is 2.75. The van der Waals surface area contributed by atoms with Gasteiger partial charge < -0.3 is 15.2 Å². The lowest BCUT2D eigenvalue weighted by atomic mass is 10.2. The van der Waals surface area contributed by atoms with Crippen molar-refractivity contribution in [2.45, 2.75) is 46.2 Å². The Morgan fingerprint density at radius 2 is 2.07 bits per heavy atom. The molecule has 1 aliphatic carbocycles. The summed E-state index contributed by atoms with van der Waals surface area (Å²) in [6.07, 6.45) is 1.69. The lowest BCUT2D eigenvalue weighted by Crippen LogP contribution is -2.36. The van der Waals surface area contributed by atoms with E-state index in [9.17, 15) is 19.5 Å². The minimum atomic E-state index is -0.694. The van der Waals surface area contributed by atoms with Gasteiger partial charge in [-0.3, -0.25) is 14.2 Å². The fourth-order valence-corrected chi connectivity index (χ4v) is 3.37. The van der Waals surface area contributed by atoms with Crippen molar-refractivity contribution >= 4 is 33.5 Å². The fraction of sp³-hybridized carbons (Fsp3) is 0.529. The highest BCUT2D eigenvalue weighted by Crippen LogP contribution is 2.28. The predicted octanol–water partition coefficient (Wildman–Crippen LogP) is 1.69. The maximum atomic E-state index is 13.0. The van der Waals surface area contributed by atoms with Crippen molar-refractivity contribution in [3.8, 4) is 5.88 Å². The molecule has 0 atom stereocenters. The molecule has 0 aliphatic heterocycles. The molecule has 0 bridgehead atoms. The van der Waals surface area contributed by atoms with Crippen molar-refractivity contribution < 1.29 is 19.4 Å². The number of fused-ring (bicyclic) bond motifs is 1. The first kappa shape index (κ1) is 19.4. The molecule has 0 unspecified atom stereocenters. The Kier molecular flexibility index (Phi) is 5.27. The van der Waals surface area contributed by atoms with E-state index in [1.807, 2.05) is 13.8 Å². The number of carbonyl (C=O) groups is 2. The number of ether oxygens (including phenoxy) is 1. The van der Waals surface area contributed by atoms with Crippen molar-refractivity contribution in [2.24, 2.45) is 5.92 Å². The van der Waals surface area contributed by atoms with Gasteiger partial charge in [0.2, 0.25) is 5.88 Å². The molecule has 2 aromatic heterocycles. The second-order valence-corrected chi connectivity index (χ2v) is 7.67. The lowest BCUT2D eigenvalue weighted by Gasteiger charge is -2.14. The largest absolute Gasteiger partial charge is 0.492 e. The van der Waals surface area contributed by atoms with Crippen LogP contribution in [-0.2, 0) is 11.3 Å². The Hall–Kier alpha value is -2.36. The summed E-state index contributed by atoms with van der Waals surface area (Å²) in [5.41, 5.74) is -0.913. The number of aromatic nitrogens is 3. The summed E-state index contributed by atoms with van der Waals surface area (Å²) < 4.78 is 7.57. The van der Waals surface area contributed by atoms with Crippen LogP contribution in [0, 0.1) is 5.92 Å². The monoisotopic (exact) mass is 440 g/mol. The summed E-state index contributed by atoms with van der Waals surface area (Å²) >= 11 is 3.29. The molecule has 10 heteroatoms. The Morgan fingerprint density at radius 1 is 1.41 bits per heavy atom. The smallest absolute Gasteiger partial charge is 0.360 e. The van der Waals surface area contributed by atoms with Crippen LogP contribution in [-0.4, -0.2) is 43.8 Å². The van der Waals surface area contributed by atoms with E-state index < -0.39 is 23.3 Å². The molecule has 3 rings (SSSR count). The summed E-state index contributed by atoms with van der Waals surface area (Å²) in [5, 5.41) is 17.4. The number of esters is 1. The molecule has 9 nitrogen and oxygen atoms in total. The van der Waals surface area contributed by atoms with Crippen LogP contribution in [0.25, 0.3) is 5.65 Å². The average Bonchev–Trinajstić information content (AvgIpc) is 3.32. The van der Waals surface area contributed by atoms with Crippen LogP contribution < -0.4 is 10.9 Å². The molecule has 2 heterocycles. The molecule has 0 spiro atoms. The summed E-state index contributed by atoms with van der Waals surface area (Å²) in [4.78, 5) is 37.7. The van der Waals surface area contributed by atoms with Crippen LogP contribution >= 0.6 is 15.9 Å². The normalized spacial score (nSPS) is 14.0. The van der Waals surface area contributed by atoms with E-state index in [2.05, 4.69) is 26.3 Å². The molecule has 27 heavy (non-hydrogen) atoms. The topological polar surface area (TPSA) is 115 Å². The van der Waals surface area contributed by atoms with Gasteiger partial charge in [-0.2, -0.15) is 9.61 Å². The first-order valence-corrected chi connectivity index (χ1v) is 9.57. The highest BCUT2D eigenvalue weighted by atomic mass is 79.9. The van der Waals surface area contributed by atoms with Crippen LogP contribution in [0.2, 0.25) is 0 Å². The third kappa shape index (κ3) is 3.58. The maximum Gasteiger partial charge on any atom is 0.360 e. The summed E-state index contributed by atoms with van der Waals surface area (Å²) in [5.74, 6) is -1.88.